The zero-order valence-corrected chi connectivity index (χ0v) is 14.9. The highest BCUT2D eigenvalue weighted by atomic mass is 16.5. The van der Waals surface area contributed by atoms with E-state index in [1.54, 1.807) is 20.4 Å². The van der Waals surface area contributed by atoms with Crippen molar-refractivity contribution in [3.05, 3.63) is 59.2 Å². The van der Waals surface area contributed by atoms with Gasteiger partial charge in [0.15, 0.2) is 0 Å². The van der Waals surface area contributed by atoms with E-state index in [1.807, 2.05) is 43.3 Å². The standard InChI is InChI=1S/C20H24N2O3/c1-15-12-16(10-11-19(15)25-3)6-5-9-20(23)22-21-14-17-7-4-8-18(13-17)24-2/h4,7-8,10-14H,5-6,9H2,1-3H3,(H,22,23)/b21-14-. The Kier molecular flexibility index (Phi) is 7.01. The van der Waals surface area contributed by atoms with Crippen LogP contribution in [0.4, 0.5) is 0 Å². The monoisotopic (exact) mass is 340 g/mol. The van der Waals surface area contributed by atoms with Gasteiger partial charge in [-0.25, -0.2) is 5.43 Å². The molecule has 2 aromatic rings. The second kappa shape index (κ2) is 9.47. The lowest BCUT2D eigenvalue weighted by Gasteiger charge is -2.07. The first kappa shape index (κ1) is 18.5. The molecule has 0 aliphatic heterocycles. The predicted octanol–water partition coefficient (Wildman–Crippen LogP) is 3.49. The molecule has 0 saturated carbocycles. The number of ether oxygens (including phenoxy) is 2. The van der Waals surface area contributed by atoms with Crippen molar-refractivity contribution >= 4 is 12.1 Å². The third-order valence-corrected chi connectivity index (χ3v) is 3.83. The number of nitrogens with zero attached hydrogens (tertiary/aromatic N) is 1. The molecule has 0 radical (unpaired) electrons. The minimum absolute atomic E-state index is 0.0932. The van der Waals surface area contributed by atoms with Gasteiger partial charge in [0.25, 0.3) is 0 Å². The molecule has 0 unspecified atom stereocenters. The Morgan fingerprint density at radius 2 is 2.00 bits per heavy atom. The smallest absolute Gasteiger partial charge is 0.240 e. The number of carbonyl (C=O) groups is 1. The van der Waals surface area contributed by atoms with Crippen molar-refractivity contribution in [1.29, 1.82) is 0 Å². The van der Waals surface area contributed by atoms with Gasteiger partial charge in [-0.15, -0.1) is 0 Å². The van der Waals surface area contributed by atoms with Crippen LogP contribution in [0.3, 0.4) is 0 Å². The van der Waals surface area contributed by atoms with Gasteiger partial charge >= 0.3 is 0 Å². The van der Waals surface area contributed by atoms with Crippen LogP contribution in [0.25, 0.3) is 0 Å². The number of methoxy groups -OCH3 is 2. The van der Waals surface area contributed by atoms with E-state index in [4.69, 9.17) is 9.47 Å². The van der Waals surface area contributed by atoms with Crippen LogP contribution in [0.5, 0.6) is 11.5 Å². The fraction of sp³-hybridized carbons (Fsp3) is 0.300. The van der Waals surface area contributed by atoms with E-state index in [0.717, 1.165) is 35.5 Å². The molecule has 0 aliphatic rings. The summed E-state index contributed by atoms with van der Waals surface area (Å²) in [6.45, 7) is 2.02. The summed E-state index contributed by atoms with van der Waals surface area (Å²) in [7, 11) is 3.28. The van der Waals surface area contributed by atoms with Crippen molar-refractivity contribution in [3.63, 3.8) is 0 Å². The number of amides is 1. The maximum Gasteiger partial charge on any atom is 0.240 e. The van der Waals surface area contributed by atoms with E-state index in [-0.39, 0.29) is 5.91 Å². The highest BCUT2D eigenvalue weighted by molar-refractivity contribution is 5.82. The third-order valence-electron chi connectivity index (χ3n) is 3.83. The molecule has 1 N–H and O–H groups in total. The van der Waals surface area contributed by atoms with Gasteiger partial charge in [0.1, 0.15) is 11.5 Å². The Hall–Kier alpha value is -2.82. The number of hydrogen-bond donors (Lipinski definition) is 1. The molecule has 25 heavy (non-hydrogen) atoms. The molecular weight excluding hydrogens is 316 g/mol. The Bertz CT molecular complexity index is 741. The van der Waals surface area contributed by atoms with Crippen LogP contribution in [0.2, 0.25) is 0 Å². The first-order valence-corrected chi connectivity index (χ1v) is 8.22. The summed E-state index contributed by atoms with van der Waals surface area (Å²) >= 11 is 0. The van der Waals surface area contributed by atoms with Crippen LogP contribution in [0.15, 0.2) is 47.6 Å². The summed E-state index contributed by atoms with van der Waals surface area (Å²) < 4.78 is 10.4. The van der Waals surface area contributed by atoms with Crippen molar-refractivity contribution in [2.75, 3.05) is 14.2 Å². The highest BCUT2D eigenvalue weighted by Crippen LogP contribution is 2.19. The van der Waals surface area contributed by atoms with Crippen LogP contribution in [-0.2, 0) is 11.2 Å². The lowest BCUT2D eigenvalue weighted by Crippen LogP contribution is -2.17. The minimum Gasteiger partial charge on any atom is -0.497 e. The van der Waals surface area contributed by atoms with Gasteiger partial charge in [-0.1, -0.05) is 24.3 Å². The van der Waals surface area contributed by atoms with Gasteiger partial charge in [-0.05, 0) is 54.7 Å². The van der Waals surface area contributed by atoms with Crippen molar-refractivity contribution < 1.29 is 14.3 Å². The number of rotatable bonds is 8. The van der Waals surface area contributed by atoms with Crippen LogP contribution < -0.4 is 14.9 Å². The summed E-state index contributed by atoms with van der Waals surface area (Å²) in [6, 6.07) is 13.6. The Labute approximate surface area is 148 Å². The molecule has 0 atom stereocenters. The average molecular weight is 340 g/mol. The largest absolute Gasteiger partial charge is 0.497 e. The van der Waals surface area contributed by atoms with E-state index in [1.165, 1.54) is 5.56 Å². The van der Waals surface area contributed by atoms with Crippen molar-refractivity contribution in [1.82, 2.24) is 5.43 Å². The zero-order chi connectivity index (χ0) is 18.1. The van der Waals surface area contributed by atoms with Crippen LogP contribution in [0, 0.1) is 6.92 Å². The first-order chi connectivity index (χ1) is 12.1. The third kappa shape index (κ3) is 5.95. The Morgan fingerprint density at radius 3 is 2.72 bits per heavy atom. The molecule has 0 bridgehead atoms. The van der Waals surface area contributed by atoms with E-state index in [9.17, 15) is 4.79 Å². The molecule has 0 aromatic heterocycles. The second-order valence-corrected chi connectivity index (χ2v) is 5.73. The summed E-state index contributed by atoms with van der Waals surface area (Å²) in [5, 5.41) is 3.98. The van der Waals surface area contributed by atoms with Crippen molar-refractivity contribution in [2.45, 2.75) is 26.2 Å². The van der Waals surface area contributed by atoms with Gasteiger partial charge in [-0.3, -0.25) is 4.79 Å². The molecule has 1 amide bonds. The van der Waals surface area contributed by atoms with Gasteiger partial charge in [0.05, 0.1) is 20.4 Å². The van der Waals surface area contributed by atoms with Gasteiger partial charge < -0.3 is 9.47 Å². The SMILES string of the molecule is COc1cccc(/C=N\NC(=O)CCCc2ccc(OC)c(C)c2)c1. The number of benzene rings is 2. The van der Waals surface area contributed by atoms with E-state index in [0.29, 0.717) is 6.42 Å². The minimum atomic E-state index is -0.0932. The average Bonchev–Trinajstić information content (AvgIpc) is 2.62. The molecule has 0 heterocycles. The van der Waals surface area contributed by atoms with Gasteiger partial charge in [0.2, 0.25) is 5.91 Å². The molecule has 2 rings (SSSR count). The quantitative estimate of drug-likeness (QED) is 0.591. The number of carbonyl (C=O) groups excluding carboxylic acids is 1. The lowest BCUT2D eigenvalue weighted by atomic mass is 10.1. The summed E-state index contributed by atoms with van der Waals surface area (Å²) in [4.78, 5) is 11.8. The fourth-order valence-electron chi connectivity index (χ4n) is 2.51. The van der Waals surface area contributed by atoms with Crippen LogP contribution >= 0.6 is 0 Å². The second-order valence-electron chi connectivity index (χ2n) is 5.73. The van der Waals surface area contributed by atoms with E-state index in [2.05, 4.69) is 16.6 Å². The molecule has 0 saturated heterocycles. The molecule has 0 spiro atoms. The van der Waals surface area contributed by atoms with E-state index < -0.39 is 0 Å². The molecule has 132 valence electrons. The summed E-state index contributed by atoms with van der Waals surface area (Å²) in [5.41, 5.74) is 5.73. The number of nitrogens with one attached hydrogen (secondary N) is 1. The van der Waals surface area contributed by atoms with Gasteiger partial charge in [-0.2, -0.15) is 5.10 Å². The number of aryl methyl sites for hydroxylation is 2. The van der Waals surface area contributed by atoms with Crippen molar-refractivity contribution in [3.8, 4) is 11.5 Å². The number of hydrazone groups is 1. The Balaban J connectivity index is 1.75. The van der Waals surface area contributed by atoms with E-state index >= 15 is 0 Å². The van der Waals surface area contributed by atoms with Gasteiger partial charge in [0, 0.05) is 6.42 Å². The fourth-order valence-corrected chi connectivity index (χ4v) is 2.51. The maximum atomic E-state index is 11.8. The first-order valence-electron chi connectivity index (χ1n) is 8.22. The molecule has 0 aliphatic carbocycles. The van der Waals surface area contributed by atoms with Crippen LogP contribution in [0.1, 0.15) is 29.5 Å². The summed E-state index contributed by atoms with van der Waals surface area (Å²) in [5.74, 6) is 1.54. The van der Waals surface area contributed by atoms with Crippen LogP contribution in [-0.4, -0.2) is 26.3 Å². The number of hydrogen-bond acceptors (Lipinski definition) is 4. The maximum absolute atomic E-state index is 11.8. The van der Waals surface area contributed by atoms with Crippen molar-refractivity contribution in [2.24, 2.45) is 5.10 Å². The summed E-state index contributed by atoms with van der Waals surface area (Å²) in [6.07, 6.45) is 3.65. The highest BCUT2D eigenvalue weighted by Gasteiger charge is 2.03. The Morgan fingerprint density at radius 1 is 1.16 bits per heavy atom. The molecule has 2 aromatic carbocycles. The normalized spacial score (nSPS) is 10.7. The zero-order valence-electron chi connectivity index (χ0n) is 14.9. The molecule has 5 heteroatoms. The molecule has 5 nitrogen and oxygen atoms in total. The topological polar surface area (TPSA) is 59.9 Å². The lowest BCUT2D eigenvalue weighted by molar-refractivity contribution is -0.121. The predicted molar refractivity (Wildman–Crippen MR) is 99.4 cm³/mol. The molecule has 0 fully saturated rings. The molecular formula is C20H24N2O3.